The highest BCUT2D eigenvalue weighted by Crippen LogP contribution is 2.37. The fourth-order valence-corrected chi connectivity index (χ4v) is 3.14. The predicted octanol–water partition coefficient (Wildman–Crippen LogP) is 7.31. The molecule has 1 heterocycles. The number of hydrogen-bond acceptors (Lipinski definition) is 5. The summed E-state index contributed by atoms with van der Waals surface area (Å²) in [7, 11) is 0. The minimum Gasteiger partial charge on any atom is -0.493 e. The lowest BCUT2D eigenvalue weighted by Crippen LogP contribution is -2.16. The van der Waals surface area contributed by atoms with E-state index in [-0.39, 0.29) is 17.2 Å². The monoisotopic (exact) mass is 458 g/mol. The quantitative estimate of drug-likeness (QED) is 0.389. The first-order chi connectivity index (χ1) is 15.4. The zero-order valence-corrected chi connectivity index (χ0v) is 19.4. The fourth-order valence-electron chi connectivity index (χ4n) is 3.14. The third-order valence-electron chi connectivity index (χ3n) is 4.78. The van der Waals surface area contributed by atoms with E-state index >= 15 is 0 Å². The number of ether oxygens (including phenoxy) is 1. The second-order valence-electron chi connectivity index (χ2n) is 9.23. The van der Waals surface area contributed by atoms with Gasteiger partial charge in [0.2, 0.25) is 5.95 Å². The second-order valence-corrected chi connectivity index (χ2v) is 9.23. The molecule has 0 unspecified atom stereocenters. The molecular weight excluding hydrogens is 429 g/mol. The molecule has 0 amide bonds. The number of benzene rings is 2. The van der Waals surface area contributed by atoms with Gasteiger partial charge in [0, 0.05) is 17.6 Å². The van der Waals surface area contributed by atoms with Crippen molar-refractivity contribution in [1.29, 1.82) is 0 Å². The molecule has 1 aromatic heterocycles. The van der Waals surface area contributed by atoms with Crippen molar-refractivity contribution in [2.24, 2.45) is 5.92 Å². The number of anilines is 4. The molecule has 0 saturated heterocycles. The highest BCUT2D eigenvalue weighted by atomic mass is 19.4. The van der Waals surface area contributed by atoms with Gasteiger partial charge in [-0.15, -0.1) is 0 Å². The second kappa shape index (κ2) is 9.68. The van der Waals surface area contributed by atoms with E-state index in [9.17, 15) is 13.2 Å². The largest absolute Gasteiger partial charge is 0.493 e. The molecule has 0 aliphatic carbocycles. The summed E-state index contributed by atoms with van der Waals surface area (Å²) >= 11 is 0. The van der Waals surface area contributed by atoms with E-state index in [1.165, 1.54) is 0 Å². The van der Waals surface area contributed by atoms with Crippen LogP contribution in [0.4, 0.5) is 36.3 Å². The summed E-state index contributed by atoms with van der Waals surface area (Å²) in [4.78, 5) is 8.03. The van der Waals surface area contributed by atoms with Crippen LogP contribution in [0.1, 0.15) is 45.7 Å². The summed E-state index contributed by atoms with van der Waals surface area (Å²) < 4.78 is 46.6. The van der Waals surface area contributed by atoms with E-state index in [0.29, 0.717) is 29.6 Å². The van der Waals surface area contributed by atoms with Gasteiger partial charge in [-0.25, -0.2) is 4.98 Å². The molecule has 0 spiro atoms. The fraction of sp³-hybridized carbons (Fsp3) is 0.360. The van der Waals surface area contributed by atoms with Crippen LogP contribution in [0.3, 0.4) is 0 Å². The normalized spacial score (nSPS) is 12.0. The van der Waals surface area contributed by atoms with Crippen molar-refractivity contribution in [3.05, 3.63) is 65.9 Å². The summed E-state index contributed by atoms with van der Waals surface area (Å²) in [6.07, 6.45) is -3.82. The molecule has 176 valence electrons. The van der Waals surface area contributed by atoms with Gasteiger partial charge in [-0.2, -0.15) is 18.2 Å². The van der Waals surface area contributed by atoms with Crippen molar-refractivity contribution in [1.82, 2.24) is 9.97 Å². The van der Waals surface area contributed by atoms with E-state index in [2.05, 4.69) is 34.4 Å². The van der Waals surface area contributed by atoms with Gasteiger partial charge in [-0.1, -0.05) is 52.8 Å². The van der Waals surface area contributed by atoms with Crippen molar-refractivity contribution in [2.45, 2.75) is 46.2 Å². The Morgan fingerprint density at radius 1 is 0.909 bits per heavy atom. The van der Waals surface area contributed by atoms with E-state index in [4.69, 9.17) is 4.74 Å². The molecule has 0 radical (unpaired) electrons. The van der Waals surface area contributed by atoms with Crippen LogP contribution in [0.25, 0.3) is 0 Å². The highest BCUT2D eigenvalue weighted by Gasteiger charge is 2.35. The number of para-hydroxylation sites is 1. The topological polar surface area (TPSA) is 59.1 Å². The first-order valence-corrected chi connectivity index (χ1v) is 10.7. The lowest BCUT2D eigenvalue weighted by molar-refractivity contribution is -0.137. The Labute approximate surface area is 192 Å². The van der Waals surface area contributed by atoms with E-state index in [1.54, 1.807) is 36.4 Å². The Morgan fingerprint density at radius 2 is 1.58 bits per heavy atom. The Hall–Kier alpha value is -3.29. The summed E-state index contributed by atoms with van der Waals surface area (Å²) in [5, 5.41) is 5.85. The van der Waals surface area contributed by atoms with Gasteiger partial charge in [0.15, 0.2) is 0 Å². The molecule has 33 heavy (non-hydrogen) atoms. The number of aromatic nitrogens is 2. The van der Waals surface area contributed by atoms with Crippen molar-refractivity contribution < 1.29 is 17.9 Å². The van der Waals surface area contributed by atoms with Crippen molar-refractivity contribution in [2.75, 3.05) is 17.2 Å². The highest BCUT2D eigenvalue weighted by molar-refractivity contribution is 5.66. The standard InChI is InChI=1S/C25H29F3N4O/c1-16(2)15-33-18-12-10-17(11-13-18)30-23-29-14-20(25(26,27)28)22(32-23)31-21-9-7-6-8-19(21)24(3,4)5/h6-14,16H,15H2,1-5H3,(H2,29,30,31,32). The minimum atomic E-state index is -4.60. The Morgan fingerprint density at radius 3 is 2.18 bits per heavy atom. The lowest BCUT2D eigenvalue weighted by atomic mass is 9.86. The molecule has 0 aliphatic rings. The third kappa shape index (κ3) is 6.60. The number of rotatable bonds is 7. The van der Waals surface area contributed by atoms with Gasteiger partial charge < -0.3 is 15.4 Å². The average Bonchev–Trinajstić information content (AvgIpc) is 2.72. The SMILES string of the molecule is CC(C)COc1ccc(Nc2ncc(C(F)(F)F)c(Nc3ccccc3C(C)(C)C)n2)cc1. The van der Waals surface area contributed by atoms with Crippen molar-refractivity contribution >= 4 is 23.1 Å². The summed E-state index contributed by atoms with van der Waals surface area (Å²) in [6, 6.07) is 14.4. The van der Waals surface area contributed by atoms with Crippen LogP contribution in [-0.4, -0.2) is 16.6 Å². The Balaban J connectivity index is 1.89. The van der Waals surface area contributed by atoms with Gasteiger partial charge >= 0.3 is 6.18 Å². The van der Waals surface area contributed by atoms with Crippen molar-refractivity contribution in [3.63, 3.8) is 0 Å². The third-order valence-corrected chi connectivity index (χ3v) is 4.78. The number of halogens is 3. The zero-order chi connectivity index (χ0) is 24.2. The van der Waals surface area contributed by atoms with E-state index in [1.807, 2.05) is 32.9 Å². The average molecular weight is 459 g/mol. The molecule has 0 atom stereocenters. The molecule has 5 nitrogen and oxygen atoms in total. The van der Waals surface area contributed by atoms with Gasteiger partial charge in [-0.05, 0) is 47.2 Å². The van der Waals surface area contributed by atoms with Crippen molar-refractivity contribution in [3.8, 4) is 5.75 Å². The van der Waals surface area contributed by atoms with Crippen LogP contribution < -0.4 is 15.4 Å². The van der Waals surface area contributed by atoms with Gasteiger partial charge in [0.25, 0.3) is 0 Å². The van der Waals surface area contributed by atoms with Crippen LogP contribution in [0, 0.1) is 5.92 Å². The maximum absolute atomic E-state index is 13.7. The molecule has 8 heteroatoms. The number of hydrogen-bond donors (Lipinski definition) is 2. The zero-order valence-electron chi connectivity index (χ0n) is 19.4. The summed E-state index contributed by atoms with van der Waals surface area (Å²) in [6.45, 7) is 10.7. The molecule has 0 saturated carbocycles. The molecular formula is C25H29F3N4O. The Kier molecular flexibility index (Phi) is 7.15. The van der Waals surface area contributed by atoms with Gasteiger partial charge in [0.1, 0.15) is 17.1 Å². The molecule has 0 bridgehead atoms. The van der Waals surface area contributed by atoms with Crippen LogP contribution in [0.5, 0.6) is 5.75 Å². The molecule has 0 aliphatic heterocycles. The number of alkyl halides is 3. The van der Waals surface area contributed by atoms with E-state index in [0.717, 1.165) is 11.8 Å². The first-order valence-electron chi connectivity index (χ1n) is 10.7. The van der Waals surface area contributed by atoms with Gasteiger partial charge in [-0.3, -0.25) is 0 Å². The summed E-state index contributed by atoms with van der Waals surface area (Å²) in [5.74, 6) is 0.851. The minimum absolute atomic E-state index is 0.0505. The van der Waals surface area contributed by atoms with Crippen LogP contribution in [0.15, 0.2) is 54.7 Å². The number of nitrogens with zero attached hydrogens (tertiary/aromatic N) is 2. The van der Waals surface area contributed by atoms with Gasteiger partial charge in [0.05, 0.1) is 6.61 Å². The molecule has 0 fully saturated rings. The summed E-state index contributed by atoms with van der Waals surface area (Å²) in [5.41, 5.74) is 0.868. The molecule has 3 aromatic rings. The maximum Gasteiger partial charge on any atom is 0.421 e. The number of nitrogens with one attached hydrogen (secondary N) is 2. The maximum atomic E-state index is 13.7. The molecule has 3 rings (SSSR count). The van der Waals surface area contributed by atoms with E-state index < -0.39 is 11.7 Å². The smallest absolute Gasteiger partial charge is 0.421 e. The van der Waals surface area contributed by atoms with Crippen LogP contribution in [-0.2, 0) is 11.6 Å². The first kappa shape index (κ1) is 24.4. The predicted molar refractivity (Wildman–Crippen MR) is 126 cm³/mol. The molecule has 2 N–H and O–H groups in total. The van der Waals surface area contributed by atoms with Crippen LogP contribution >= 0.6 is 0 Å². The van der Waals surface area contributed by atoms with Crippen LogP contribution in [0.2, 0.25) is 0 Å². The lowest BCUT2D eigenvalue weighted by Gasteiger charge is -2.24. The molecule has 2 aromatic carbocycles. The Bertz CT molecular complexity index is 1070.